The van der Waals surface area contributed by atoms with E-state index < -0.39 is 11.0 Å². The number of oxime groups is 1. The van der Waals surface area contributed by atoms with Crippen molar-refractivity contribution in [2.45, 2.75) is 12.5 Å². The van der Waals surface area contributed by atoms with Gasteiger partial charge in [0.05, 0.1) is 11.0 Å². The van der Waals surface area contributed by atoms with Crippen LogP contribution < -0.4 is 10.6 Å². The molecule has 2 rings (SSSR count). The lowest BCUT2D eigenvalue weighted by molar-refractivity contribution is -0.384. The van der Waals surface area contributed by atoms with Crippen LogP contribution in [0.3, 0.4) is 0 Å². The van der Waals surface area contributed by atoms with E-state index in [0.29, 0.717) is 25.2 Å². The number of aliphatic hydroxyl groups is 1. The third-order valence-electron chi connectivity index (χ3n) is 3.08. The maximum Gasteiger partial charge on any atom is 0.293 e. The summed E-state index contributed by atoms with van der Waals surface area (Å²) in [6.45, 7) is 0.925. The van der Waals surface area contributed by atoms with Gasteiger partial charge in [-0.3, -0.25) is 10.1 Å². The number of nitro benzene ring substituents is 1. The Morgan fingerprint density at radius 1 is 1.58 bits per heavy atom. The van der Waals surface area contributed by atoms with Crippen molar-refractivity contribution in [3.63, 3.8) is 0 Å². The summed E-state index contributed by atoms with van der Waals surface area (Å²) < 4.78 is 0. The molecule has 0 amide bonds. The van der Waals surface area contributed by atoms with Gasteiger partial charge in [-0.25, -0.2) is 0 Å². The number of rotatable bonds is 3. The zero-order chi connectivity index (χ0) is 14.0. The van der Waals surface area contributed by atoms with Crippen LogP contribution in [-0.2, 0) is 0 Å². The quantitative estimate of drug-likeness (QED) is 0.237. The van der Waals surface area contributed by atoms with Gasteiger partial charge in [0.25, 0.3) is 5.69 Å². The summed E-state index contributed by atoms with van der Waals surface area (Å²) in [5.74, 6) is -0.184. The van der Waals surface area contributed by atoms with Crippen molar-refractivity contribution in [1.82, 2.24) is 0 Å². The molecule has 1 aliphatic rings. The van der Waals surface area contributed by atoms with Crippen molar-refractivity contribution in [3.8, 4) is 0 Å². The normalized spacial score (nSPS) is 19.7. The molecule has 19 heavy (non-hydrogen) atoms. The molecule has 1 aromatic rings. The number of nitrogens with zero attached hydrogens (tertiary/aromatic N) is 3. The topological polar surface area (TPSA) is 125 Å². The molecule has 1 fully saturated rings. The second-order valence-corrected chi connectivity index (χ2v) is 4.33. The number of β-amino-alcohol motifs (C(OH)–C–C–N with tert-alkyl or cyclic N) is 1. The smallest absolute Gasteiger partial charge is 0.293 e. The number of amidine groups is 1. The first-order valence-electron chi connectivity index (χ1n) is 5.72. The van der Waals surface area contributed by atoms with Gasteiger partial charge in [0.1, 0.15) is 5.69 Å². The van der Waals surface area contributed by atoms with E-state index in [1.165, 1.54) is 6.07 Å². The molecule has 8 heteroatoms. The Bertz CT molecular complexity index is 531. The summed E-state index contributed by atoms with van der Waals surface area (Å²) in [4.78, 5) is 12.3. The van der Waals surface area contributed by atoms with Crippen LogP contribution in [0, 0.1) is 10.1 Å². The molecule has 0 saturated carbocycles. The van der Waals surface area contributed by atoms with Crippen LogP contribution in [0.25, 0.3) is 0 Å². The van der Waals surface area contributed by atoms with Crippen LogP contribution >= 0.6 is 0 Å². The van der Waals surface area contributed by atoms with Gasteiger partial charge in [-0.1, -0.05) is 5.16 Å². The SMILES string of the molecule is NC(=NO)c1ccc(N2CCC(O)C2)c([N+](=O)[O-])c1. The second kappa shape index (κ2) is 5.11. The lowest BCUT2D eigenvalue weighted by Gasteiger charge is -2.18. The molecule has 4 N–H and O–H groups in total. The Kier molecular flexibility index (Phi) is 3.52. The molecule has 1 aliphatic heterocycles. The fourth-order valence-electron chi connectivity index (χ4n) is 2.11. The highest BCUT2D eigenvalue weighted by Gasteiger charge is 2.26. The van der Waals surface area contributed by atoms with Crippen LogP contribution in [-0.4, -0.2) is 40.3 Å². The number of nitro groups is 1. The highest BCUT2D eigenvalue weighted by Crippen LogP contribution is 2.31. The lowest BCUT2D eigenvalue weighted by Crippen LogP contribution is -2.22. The van der Waals surface area contributed by atoms with E-state index in [2.05, 4.69) is 5.16 Å². The van der Waals surface area contributed by atoms with Crippen LogP contribution in [0.4, 0.5) is 11.4 Å². The lowest BCUT2D eigenvalue weighted by atomic mass is 10.1. The van der Waals surface area contributed by atoms with Gasteiger partial charge in [0.15, 0.2) is 5.84 Å². The van der Waals surface area contributed by atoms with E-state index in [1.807, 2.05) is 0 Å². The highest BCUT2D eigenvalue weighted by atomic mass is 16.6. The van der Waals surface area contributed by atoms with Gasteiger partial charge in [-0.15, -0.1) is 0 Å². The first kappa shape index (κ1) is 13.1. The second-order valence-electron chi connectivity index (χ2n) is 4.33. The summed E-state index contributed by atoms with van der Waals surface area (Å²) in [6, 6.07) is 4.35. The summed E-state index contributed by atoms with van der Waals surface area (Å²) in [5, 5.41) is 32.0. The van der Waals surface area contributed by atoms with Crippen molar-refractivity contribution < 1.29 is 15.2 Å². The number of anilines is 1. The molecule has 1 aromatic carbocycles. The van der Waals surface area contributed by atoms with Gasteiger partial charge < -0.3 is 20.9 Å². The molecule has 0 radical (unpaired) electrons. The fraction of sp³-hybridized carbons (Fsp3) is 0.364. The van der Waals surface area contributed by atoms with Crippen molar-refractivity contribution in [1.29, 1.82) is 0 Å². The van der Waals surface area contributed by atoms with E-state index in [0.717, 1.165) is 0 Å². The zero-order valence-corrected chi connectivity index (χ0v) is 10.1. The highest BCUT2D eigenvalue weighted by molar-refractivity contribution is 5.98. The largest absolute Gasteiger partial charge is 0.409 e. The predicted molar refractivity (Wildman–Crippen MR) is 68.4 cm³/mol. The predicted octanol–water partition coefficient (Wildman–Crippen LogP) is 0.260. The summed E-state index contributed by atoms with van der Waals surface area (Å²) in [7, 11) is 0. The molecule has 1 unspecified atom stereocenters. The molecule has 0 aliphatic carbocycles. The summed E-state index contributed by atoms with van der Waals surface area (Å²) >= 11 is 0. The maximum absolute atomic E-state index is 11.1. The van der Waals surface area contributed by atoms with Crippen LogP contribution in [0.1, 0.15) is 12.0 Å². The van der Waals surface area contributed by atoms with E-state index in [9.17, 15) is 15.2 Å². The Morgan fingerprint density at radius 2 is 2.32 bits per heavy atom. The van der Waals surface area contributed by atoms with Gasteiger partial charge in [0.2, 0.25) is 0 Å². The fourth-order valence-corrected chi connectivity index (χ4v) is 2.11. The Balaban J connectivity index is 2.41. The molecule has 1 heterocycles. The maximum atomic E-state index is 11.1. The summed E-state index contributed by atoms with van der Waals surface area (Å²) in [6.07, 6.45) is 0.113. The molecule has 0 spiro atoms. The Labute approximate surface area is 108 Å². The van der Waals surface area contributed by atoms with Gasteiger partial charge >= 0.3 is 0 Å². The number of benzene rings is 1. The zero-order valence-electron chi connectivity index (χ0n) is 10.1. The van der Waals surface area contributed by atoms with E-state index >= 15 is 0 Å². The first-order valence-corrected chi connectivity index (χ1v) is 5.72. The Hall–Kier alpha value is -2.35. The van der Waals surface area contributed by atoms with Gasteiger partial charge in [-0.2, -0.15) is 0 Å². The van der Waals surface area contributed by atoms with Gasteiger partial charge in [-0.05, 0) is 18.6 Å². The van der Waals surface area contributed by atoms with Crippen molar-refractivity contribution >= 4 is 17.2 Å². The van der Waals surface area contributed by atoms with Crippen LogP contribution in [0.2, 0.25) is 0 Å². The average molecular weight is 266 g/mol. The third kappa shape index (κ3) is 2.58. The van der Waals surface area contributed by atoms with Crippen molar-refractivity contribution in [2.24, 2.45) is 10.9 Å². The first-order chi connectivity index (χ1) is 9.02. The molecule has 8 nitrogen and oxygen atoms in total. The minimum absolute atomic E-state index is 0.127. The standard InChI is InChI=1S/C11H14N4O4/c12-11(13-17)7-1-2-9(10(5-7)15(18)19)14-4-3-8(16)6-14/h1-2,5,8,16-17H,3-4,6H2,(H2,12,13). The van der Waals surface area contributed by atoms with Crippen LogP contribution in [0.15, 0.2) is 23.4 Å². The minimum atomic E-state index is -0.520. The molecule has 0 aromatic heterocycles. The van der Waals surface area contributed by atoms with E-state index in [-0.39, 0.29) is 17.1 Å². The minimum Gasteiger partial charge on any atom is -0.409 e. The van der Waals surface area contributed by atoms with E-state index in [4.69, 9.17) is 10.9 Å². The Morgan fingerprint density at radius 3 is 2.84 bits per heavy atom. The third-order valence-corrected chi connectivity index (χ3v) is 3.08. The molecule has 0 bridgehead atoms. The molecular formula is C11H14N4O4. The van der Waals surface area contributed by atoms with Crippen LogP contribution in [0.5, 0.6) is 0 Å². The monoisotopic (exact) mass is 266 g/mol. The number of nitrogens with two attached hydrogens (primary N) is 1. The van der Waals surface area contributed by atoms with Crippen molar-refractivity contribution in [2.75, 3.05) is 18.0 Å². The number of aliphatic hydroxyl groups excluding tert-OH is 1. The van der Waals surface area contributed by atoms with Crippen molar-refractivity contribution in [3.05, 3.63) is 33.9 Å². The van der Waals surface area contributed by atoms with E-state index in [1.54, 1.807) is 17.0 Å². The van der Waals surface area contributed by atoms with Gasteiger partial charge in [0, 0.05) is 24.7 Å². The summed E-state index contributed by atoms with van der Waals surface area (Å²) in [5.41, 5.74) is 5.99. The molecule has 1 saturated heterocycles. The average Bonchev–Trinajstić information content (AvgIpc) is 2.83. The number of hydrogen-bond acceptors (Lipinski definition) is 6. The molecular weight excluding hydrogens is 252 g/mol. The molecule has 102 valence electrons. The number of hydrogen-bond donors (Lipinski definition) is 3. The molecule has 1 atom stereocenters.